The van der Waals surface area contributed by atoms with Crippen LogP contribution in [0.15, 0.2) is 12.1 Å². The number of nitrogens with zero attached hydrogens (tertiary/aromatic N) is 1. The summed E-state index contributed by atoms with van der Waals surface area (Å²) in [5.74, 6) is 0.400. The van der Waals surface area contributed by atoms with Gasteiger partial charge in [-0.15, -0.1) is 0 Å². The molecule has 2 N–H and O–H groups in total. The van der Waals surface area contributed by atoms with Crippen molar-refractivity contribution in [1.29, 1.82) is 0 Å². The van der Waals surface area contributed by atoms with Crippen molar-refractivity contribution >= 4 is 17.3 Å². The monoisotopic (exact) mass is 293 g/mol. The standard InChI is InChI=1S/C13H15N3O5/c17-13(8-1-3-14-4-2-8)15-9-5-11-12(21-7-20-11)6-10(9)16(18)19/h5-6,8,14H,1-4,7H2,(H,15,17). The van der Waals surface area contributed by atoms with Crippen molar-refractivity contribution in [3.8, 4) is 11.5 Å². The summed E-state index contributed by atoms with van der Waals surface area (Å²) in [5, 5.41) is 16.9. The summed E-state index contributed by atoms with van der Waals surface area (Å²) in [7, 11) is 0. The van der Waals surface area contributed by atoms with E-state index in [4.69, 9.17) is 9.47 Å². The summed E-state index contributed by atoms with van der Waals surface area (Å²) < 4.78 is 10.3. The summed E-state index contributed by atoms with van der Waals surface area (Å²) in [6, 6.07) is 2.72. The number of carbonyl (C=O) groups is 1. The van der Waals surface area contributed by atoms with Gasteiger partial charge in [0.05, 0.1) is 11.0 Å². The Bertz CT molecular complexity index is 583. The highest BCUT2D eigenvalue weighted by Gasteiger charge is 2.27. The number of carbonyl (C=O) groups excluding carboxylic acids is 1. The molecular weight excluding hydrogens is 278 g/mol. The second-order valence-corrected chi connectivity index (χ2v) is 4.99. The second kappa shape index (κ2) is 5.57. The van der Waals surface area contributed by atoms with E-state index in [1.165, 1.54) is 12.1 Å². The van der Waals surface area contributed by atoms with E-state index in [0.717, 1.165) is 25.9 Å². The van der Waals surface area contributed by atoms with Crippen LogP contribution in [0, 0.1) is 16.0 Å². The number of nitrogens with one attached hydrogen (secondary N) is 2. The molecule has 2 aliphatic heterocycles. The first-order valence-electron chi connectivity index (χ1n) is 6.75. The molecule has 1 amide bonds. The Morgan fingerprint density at radius 1 is 1.29 bits per heavy atom. The molecular formula is C13H15N3O5. The summed E-state index contributed by atoms with van der Waals surface area (Å²) in [6.07, 6.45) is 1.45. The molecule has 0 saturated carbocycles. The number of amides is 1. The van der Waals surface area contributed by atoms with E-state index in [1.807, 2.05) is 0 Å². The van der Waals surface area contributed by atoms with Crippen molar-refractivity contribution in [3.63, 3.8) is 0 Å². The fraction of sp³-hybridized carbons (Fsp3) is 0.462. The van der Waals surface area contributed by atoms with Crippen LogP contribution in [0.5, 0.6) is 11.5 Å². The molecule has 1 aromatic carbocycles. The van der Waals surface area contributed by atoms with Crippen molar-refractivity contribution in [2.75, 3.05) is 25.2 Å². The second-order valence-electron chi connectivity index (χ2n) is 4.99. The van der Waals surface area contributed by atoms with Crippen molar-refractivity contribution in [2.24, 2.45) is 5.92 Å². The molecule has 3 rings (SSSR count). The van der Waals surface area contributed by atoms with Crippen LogP contribution in [0.25, 0.3) is 0 Å². The van der Waals surface area contributed by atoms with Crippen LogP contribution in [0.2, 0.25) is 0 Å². The Kier molecular flexibility index (Phi) is 3.61. The Morgan fingerprint density at radius 3 is 2.62 bits per heavy atom. The minimum atomic E-state index is -0.542. The van der Waals surface area contributed by atoms with Gasteiger partial charge in [0.1, 0.15) is 5.69 Å². The lowest BCUT2D eigenvalue weighted by Gasteiger charge is -2.21. The van der Waals surface area contributed by atoms with E-state index >= 15 is 0 Å². The van der Waals surface area contributed by atoms with Gasteiger partial charge in [0, 0.05) is 12.0 Å². The van der Waals surface area contributed by atoms with E-state index in [0.29, 0.717) is 11.5 Å². The first kappa shape index (κ1) is 13.6. The van der Waals surface area contributed by atoms with E-state index in [9.17, 15) is 14.9 Å². The number of hydrogen-bond donors (Lipinski definition) is 2. The zero-order chi connectivity index (χ0) is 14.8. The molecule has 2 heterocycles. The number of anilines is 1. The summed E-state index contributed by atoms with van der Waals surface area (Å²) >= 11 is 0. The highest BCUT2D eigenvalue weighted by atomic mass is 16.7. The van der Waals surface area contributed by atoms with Gasteiger partial charge in [-0.3, -0.25) is 14.9 Å². The van der Waals surface area contributed by atoms with Gasteiger partial charge in [0.15, 0.2) is 11.5 Å². The summed E-state index contributed by atoms with van der Waals surface area (Å²) in [5.41, 5.74) is -0.0469. The highest BCUT2D eigenvalue weighted by Crippen LogP contribution is 2.40. The fourth-order valence-corrected chi connectivity index (χ4v) is 2.50. The average Bonchev–Trinajstić information content (AvgIpc) is 2.94. The number of hydrogen-bond acceptors (Lipinski definition) is 6. The van der Waals surface area contributed by atoms with Gasteiger partial charge in [-0.2, -0.15) is 0 Å². The Hall–Kier alpha value is -2.35. The Morgan fingerprint density at radius 2 is 1.95 bits per heavy atom. The van der Waals surface area contributed by atoms with Crippen LogP contribution in [-0.2, 0) is 4.79 Å². The van der Waals surface area contributed by atoms with Gasteiger partial charge in [-0.25, -0.2) is 0 Å². The van der Waals surface area contributed by atoms with E-state index in [1.54, 1.807) is 0 Å². The predicted molar refractivity (Wildman–Crippen MR) is 73.4 cm³/mol. The molecule has 8 heteroatoms. The quantitative estimate of drug-likeness (QED) is 0.642. The maximum absolute atomic E-state index is 12.2. The van der Waals surface area contributed by atoms with E-state index in [-0.39, 0.29) is 30.0 Å². The van der Waals surface area contributed by atoms with Crippen molar-refractivity contribution < 1.29 is 19.2 Å². The molecule has 112 valence electrons. The normalized spacial score (nSPS) is 17.5. The van der Waals surface area contributed by atoms with Crippen LogP contribution in [0.3, 0.4) is 0 Å². The van der Waals surface area contributed by atoms with Gasteiger partial charge in [-0.05, 0) is 25.9 Å². The molecule has 1 fully saturated rings. The van der Waals surface area contributed by atoms with Gasteiger partial charge in [-0.1, -0.05) is 0 Å². The van der Waals surface area contributed by atoms with Crippen LogP contribution in [-0.4, -0.2) is 30.7 Å². The summed E-state index contributed by atoms with van der Waals surface area (Å²) in [6.45, 7) is 1.58. The molecule has 0 atom stereocenters. The number of nitro benzene ring substituents is 1. The first-order chi connectivity index (χ1) is 10.1. The number of ether oxygens (including phenoxy) is 2. The number of rotatable bonds is 3. The third kappa shape index (κ3) is 2.75. The maximum Gasteiger partial charge on any atom is 0.296 e. The predicted octanol–water partition coefficient (Wildman–Crippen LogP) is 1.26. The molecule has 0 unspecified atom stereocenters. The molecule has 0 radical (unpaired) electrons. The van der Waals surface area contributed by atoms with Crippen LogP contribution in [0.1, 0.15) is 12.8 Å². The lowest BCUT2D eigenvalue weighted by molar-refractivity contribution is -0.384. The molecule has 0 aliphatic carbocycles. The zero-order valence-electron chi connectivity index (χ0n) is 11.3. The smallest absolute Gasteiger partial charge is 0.296 e. The molecule has 8 nitrogen and oxygen atoms in total. The number of nitro groups is 1. The molecule has 0 bridgehead atoms. The number of piperidine rings is 1. The zero-order valence-corrected chi connectivity index (χ0v) is 11.3. The largest absolute Gasteiger partial charge is 0.454 e. The summed E-state index contributed by atoms with van der Waals surface area (Å²) in [4.78, 5) is 22.8. The van der Waals surface area contributed by atoms with Crippen LogP contribution >= 0.6 is 0 Å². The lowest BCUT2D eigenvalue weighted by Crippen LogP contribution is -2.34. The van der Waals surface area contributed by atoms with Gasteiger partial charge >= 0.3 is 0 Å². The van der Waals surface area contributed by atoms with Crippen molar-refractivity contribution in [3.05, 3.63) is 22.2 Å². The minimum Gasteiger partial charge on any atom is -0.454 e. The maximum atomic E-state index is 12.2. The van der Waals surface area contributed by atoms with Crippen LogP contribution < -0.4 is 20.1 Å². The molecule has 2 aliphatic rings. The van der Waals surface area contributed by atoms with Gasteiger partial charge in [0.25, 0.3) is 5.69 Å². The SMILES string of the molecule is O=C(Nc1cc2c(cc1[N+](=O)[O-])OCO2)C1CCNCC1. The third-order valence-corrected chi connectivity index (χ3v) is 3.66. The topological polar surface area (TPSA) is 103 Å². The van der Waals surface area contributed by atoms with Crippen molar-refractivity contribution in [1.82, 2.24) is 5.32 Å². The lowest BCUT2D eigenvalue weighted by atomic mass is 9.97. The Labute approximate surface area is 120 Å². The highest BCUT2D eigenvalue weighted by molar-refractivity contribution is 5.95. The molecule has 1 saturated heterocycles. The molecule has 21 heavy (non-hydrogen) atoms. The molecule has 0 aromatic heterocycles. The number of benzene rings is 1. The van der Waals surface area contributed by atoms with Gasteiger partial charge in [0.2, 0.25) is 12.7 Å². The van der Waals surface area contributed by atoms with Crippen molar-refractivity contribution in [2.45, 2.75) is 12.8 Å². The minimum absolute atomic E-state index is 0.0260. The average molecular weight is 293 g/mol. The van der Waals surface area contributed by atoms with E-state index in [2.05, 4.69) is 10.6 Å². The molecule has 1 aromatic rings. The molecule has 0 spiro atoms. The van der Waals surface area contributed by atoms with E-state index < -0.39 is 4.92 Å². The number of fused-ring (bicyclic) bond motifs is 1. The Balaban J connectivity index is 1.83. The van der Waals surface area contributed by atoms with Crippen LogP contribution in [0.4, 0.5) is 11.4 Å². The first-order valence-corrected chi connectivity index (χ1v) is 6.75. The van der Waals surface area contributed by atoms with Gasteiger partial charge < -0.3 is 20.1 Å². The third-order valence-electron chi connectivity index (χ3n) is 3.66. The fourth-order valence-electron chi connectivity index (χ4n) is 2.50.